The summed E-state index contributed by atoms with van der Waals surface area (Å²) in [5, 5.41) is 2.46. The van der Waals surface area contributed by atoms with Crippen molar-refractivity contribution < 1.29 is 35.0 Å². The molecule has 0 aliphatic heterocycles. The van der Waals surface area contributed by atoms with Crippen LogP contribution in [-0.4, -0.2) is 27.2 Å². The van der Waals surface area contributed by atoms with Crippen molar-refractivity contribution in [2.75, 3.05) is 27.2 Å². The van der Waals surface area contributed by atoms with Crippen LogP contribution < -0.4 is 35.0 Å². The highest BCUT2D eigenvalue weighted by atomic mass is 35.5. The maximum atomic E-state index is 2.46. The maximum absolute atomic E-state index is 2.46. The van der Waals surface area contributed by atoms with Gasteiger partial charge in [-0.1, -0.05) is 229 Å². The van der Waals surface area contributed by atoms with E-state index in [1.165, 1.54) is 217 Å². The molecule has 0 aromatic heterocycles. The van der Waals surface area contributed by atoms with Crippen LogP contribution in [0.2, 0.25) is 0 Å². The fourth-order valence-corrected chi connectivity index (χ4v) is 7.42. The molecule has 2 rings (SSSR count). The number of aryl methyl sites for hydroxylation is 1. The lowest BCUT2D eigenvalue weighted by atomic mass is 10.0. The van der Waals surface area contributed by atoms with Crippen molar-refractivity contribution in [3.8, 4) is 0 Å². The monoisotopic (exact) mass is 791 g/mol. The van der Waals surface area contributed by atoms with Gasteiger partial charge in [-0.25, -0.2) is 0 Å². The molecule has 0 saturated carbocycles. The summed E-state index contributed by atoms with van der Waals surface area (Å²) in [5.41, 5.74) is 2.95. The lowest BCUT2D eigenvalue weighted by Gasteiger charge is -2.06. The molecule has 0 amide bonds. The number of rotatable bonds is 36. The van der Waals surface area contributed by atoms with Crippen molar-refractivity contribution in [2.24, 2.45) is 5.92 Å². The Kier molecular flexibility index (Phi) is 45.5. The molecule has 4 heteroatoms. The third kappa shape index (κ3) is 42.1. The molecule has 0 atom stereocenters. The molecule has 316 valence electrons. The van der Waals surface area contributed by atoms with Crippen molar-refractivity contribution >= 4 is 0 Å². The molecule has 0 bridgehead atoms. The standard InChI is InChI=1S/C27H49N.C23H41N.2ClH/c1-26(2)21-17-14-12-10-8-6-4-3-5-7-9-11-13-15-20-24-28-25-27-22-18-16-19-23-27;1-24(2)22-18-13-11-9-7-5-3-4-6-8-10-12-15-19-23-20-16-14-17-21-23;;/h16,18-19,22-23,26,28H,3-15,17,20-21,24-25H2,1-2H3;14,16-17,20-21H,3-13,15,18-19,22H2,1-2H3;2*1H. The number of halogens is 2. The van der Waals surface area contributed by atoms with Crippen LogP contribution in [-0.2, 0) is 13.0 Å². The largest absolute Gasteiger partial charge is 1.00 e. The summed E-state index contributed by atoms with van der Waals surface area (Å²) < 4.78 is 0. The molecule has 0 radical (unpaired) electrons. The summed E-state index contributed by atoms with van der Waals surface area (Å²) >= 11 is 0. The minimum Gasteiger partial charge on any atom is -1.00 e. The molecule has 0 saturated heterocycles. The van der Waals surface area contributed by atoms with Crippen molar-refractivity contribution in [1.82, 2.24) is 0 Å². The molecule has 0 aliphatic carbocycles. The molecule has 54 heavy (non-hydrogen) atoms. The number of benzene rings is 2. The third-order valence-electron chi connectivity index (χ3n) is 10.9. The van der Waals surface area contributed by atoms with E-state index in [0.717, 1.165) is 12.5 Å². The highest BCUT2D eigenvalue weighted by Gasteiger charge is 1.99. The van der Waals surface area contributed by atoms with Crippen LogP contribution in [0, 0.1) is 5.92 Å². The van der Waals surface area contributed by atoms with Gasteiger partial charge in [0.15, 0.2) is 0 Å². The van der Waals surface area contributed by atoms with Crippen molar-refractivity contribution in [3.63, 3.8) is 0 Å². The molecule has 0 fully saturated rings. The summed E-state index contributed by atoms with van der Waals surface area (Å²) in [7, 11) is 4.51. The second kappa shape index (κ2) is 44.7. The first-order chi connectivity index (χ1) is 25.6. The molecular formula is C50H92Cl2N2. The normalized spacial score (nSPS) is 10.9. The van der Waals surface area contributed by atoms with Crippen molar-refractivity contribution in [3.05, 3.63) is 71.8 Å². The number of unbranched alkanes of at least 4 members (excludes halogenated alkanes) is 26. The summed E-state index contributed by atoms with van der Waals surface area (Å²) in [6.07, 6.45) is 43.2. The minimum atomic E-state index is 0. The van der Waals surface area contributed by atoms with E-state index in [0.29, 0.717) is 0 Å². The highest BCUT2D eigenvalue weighted by molar-refractivity contribution is 5.14. The van der Waals surface area contributed by atoms with Gasteiger partial charge in [0.1, 0.15) is 6.54 Å². The van der Waals surface area contributed by atoms with Gasteiger partial charge in [-0.3, -0.25) is 0 Å². The molecule has 2 aromatic rings. The SMILES string of the molecule is CC(C)CCCCCCCCCCCCCCCCC[NH2+]Cc1ccccc1.C[NH+](C)CCCCCCCCCCCCCCCc1ccccc1.[Cl-].[Cl-]. The Morgan fingerprint density at radius 2 is 0.741 bits per heavy atom. The van der Waals surface area contributed by atoms with E-state index >= 15 is 0 Å². The van der Waals surface area contributed by atoms with E-state index in [1.54, 1.807) is 4.90 Å². The number of hydrogen-bond donors (Lipinski definition) is 2. The Labute approximate surface area is 351 Å². The average Bonchev–Trinajstić information content (AvgIpc) is 3.15. The lowest BCUT2D eigenvalue weighted by molar-refractivity contribution is -0.858. The highest BCUT2D eigenvalue weighted by Crippen LogP contribution is 2.16. The number of nitrogens with one attached hydrogen (secondary N) is 1. The molecule has 2 aromatic carbocycles. The van der Waals surface area contributed by atoms with Gasteiger partial charge in [0.2, 0.25) is 0 Å². The van der Waals surface area contributed by atoms with Gasteiger partial charge in [0, 0.05) is 5.56 Å². The Hall–Kier alpha value is -1.06. The van der Waals surface area contributed by atoms with Gasteiger partial charge < -0.3 is 35.0 Å². The predicted molar refractivity (Wildman–Crippen MR) is 233 cm³/mol. The Balaban J connectivity index is 0. The van der Waals surface area contributed by atoms with Gasteiger partial charge in [0.05, 0.1) is 27.2 Å². The minimum absolute atomic E-state index is 0. The van der Waals surface area contributed by atoms with Gasteiger partial charge >= 0.3 is 0 Å². The van der Waals surface area contributed by atoms with Crippen LogP contribution >= 0.6 is 0 Å². The topological polar surface area (TPSA) is 21.1 Å². The first kappa shape index (κ1) is 55.0. The average molecular weight is 792 g/mol. The number of hydrogen-bond acceptors (Lipinski definition) is 0. The molecule has 0 aliphatic rings. The number of nitrogens with two attached hydrogens (primary N) is 1. The van der Waals surface area contributed by atoms with Gasteiger partial charge in [0.25, 0.3) is 0 Å². The zero-order valence-corrected chi connectivity index (χ0v) is 38.0. The zero-order chi connectivity index (χ0) is 37.4. The van der Waals surface area contributed by atoms with Crippen LogP contribution in [0.5, 0.6) is 0 Å². The van der Waals surface area contributed by atoms with E-state index in [-0.39, 0.29) is 24.8 Å². The zero-order valence-electron chi connectivity index (χ0n) is 36.5. The maximum Gasteiger partial charge on any atom is 0.101 e. The fourth-order valence-electron chi connectivity index (χ4n) is 7.42. The van der Waals surface area contributed by atoms with Crippen molar-refractivity contribution in [1.29, 1.82) is 0 Å². The van der Waals surface area contributed by atoms with Crippen LogP contribution in [0.15, 0.2) is 60.7 Å². The molecular weight excluding hydrogens is 699 g/mol. The van der Waals surface area contributed by atoms with E-state index in [4.69, 9.17) is 0 Å². The summed E-state index contributed by atoms with van der Waals surface area (Å²) in [5.74, 6) is 0.892. The molecule has 2 nitrogen and oxygen atoms in total. The quantitative estimate of drug-likeness (QED) is 0.0688. The Morgan fingerprint density at radius 3 is 1.13 bits per heavy atom. The first-order valence-electron chi connectivity index (χ1n) is 23.3. The molecule has 0 spiro atoms. The third-order valence-corrected chi connectivity index (χ3v) is 10.9. The molecule has 0 unspecified atom stereocenters. The summed E-state index contributed by atoms with van der Waals surface area (Å²) in [6.45, 7) is 8.44. The lowest BCUT2D eigenvalue weighted by Crippen LogP contribution is -3.05. The molecule has 3 N–H and O–H groups in total. The predicted octanol–water partition coefficient (Wildman–Crippen LogP) is 7.10. The van der Waals surface area contributed by atoms with E-state index in [1.807, 2.05) is 0 Å². The summed E-state index contributed by atoms with van der Waals surface area (Å²) in [4.78, 5) is 1.59. The smallest absolute Gasteiger partial charge is 0.101 e. The van der Waals surface area contributed by atoms with Crippen LogP contribution in [0.25, 0.3) is 0 Å². The Bertz CT molecular complexity index is 936. The van der Waals surface area contributed by atoms with Gasteiger partial charge in [-0.15, -0.1) is 0 Å². The van der Waals surface area contributed by atoms with E-state index in [2.05, 4.69) is 93.9 Å². The van der Waals surface area contributed by atoms with Crippen LogP contribution in [0.3, 0.4) is 0 Å². The van der Waals surface area contributed by atoms with Crippen molar-refractivity contribution in [2.45, 2.75) is 213 Å². The van der Waals surface area contributed by atoms with E-state index in [9.17, 15) is 0 Å². The van der Waals surface area contributed by atoms with Crippen LogP contribution in [0.4, 0.5) is 0 Å². The molecule has 0 heterocycles. The van der Waals surface area contributed by atoms with Crippen LogP contribution in [0.1, 0.15) is 211 Å². The summed E-state index contributed by atoms with van der Waals surface area (Å²) in [6, 6.07) is 21.7. The Morgan fingerprint density at radius 1 is 0.407 bits per heavy atom. The fraction of sp³-hybridized carbons (Fsp3) is 0.760. The van der Waals surface area contributed by atoms with Gasteiger partial charge in [-0.2, -0.15) is 0 Å². The second-order valence-corrected chi connectivity index (χ2v) is 17.0. The first-order valence-corrected chi connectivity index (χ1v) is 23.3. The second-order valence-electron chi connectivity index (χ2n) is 17.0. The number of quaternary nitrogens is 2. The van der Waals surface area contributed by atoms with Gasteiger partial charge in [-0.05, 0) is 50.0 Å². The van der Waals surface area contributed by atoms with E-state index < -0.39 is 0 Å².